The van der Waals surface area contributed by atoms with Crippen LogP contribution in [0.25, 0.3) is 0 Å². The molecule has 30 heavy (non-hydrogen) atoms. The second-order valence-electron chi connectivity index (χ2n) is 8.20. The van der Waals surface area contributed by atoms with E-state index in [1.807, 2.05) is 23.2 Å². The molecule has 0 unspecified atom stereocenters. The van der Waals surface area contributed by atoms with E-state index < -0.39 is 0 Å². The van der Waals surface area contributed by atoms with Crippen LogP contribution in [0.1, 0.15) is 70.3 Å². The van der Waals surface area contributed by atoms with Crippen LogP contribution in [-0.2, 0) is 11.3 Å². The molecule has 1 saturated heterocycles. The van der Waals surface area contributed by atoms with Crippen LogP contribution in [-0.4, -0.2) is 54.0 Å². The summed E-state index contributed by atoms with van der Waals surface area (Å²) < 4.78 is 5.93. The molecule has 1 aromatic rings. The Morgan fingerprint density at radius 2 is 2.07 bits per heavy atom. The number of pyridine rings is 1. The number of rotatable bonds is 9. The first kappa shape index (κ1) is 22.4. The summed E-state index contributed by atoms with van der Waals surface area (Å²) in [5.74, 6) is 1.81. The second-order valence-corrected chi connectivity index (χ2v) is 8.20. The lowest BCUT2D eigenvalue weighted by atomic mass is 10.2. The number of ether oxygens (including phenoxy) is 1. The summed E-state index contributed by atoms with van der Waals surface area (Å²) in [6.45, 7) is 5.95. The van der Waals surface area contributed by atoms with E-state index in [2.05, 4.69) is 27.5 Å². The van der Waals surface area contributed by atoms with E-state index in [0.29, 0.717) is 30.9 Å². The van der Waals surface area contributed by atoms with Gasteiger partial charge in [0.1, 0.15) is 6.10 Å². The summed E-state index contributed by atoms with van der Waals surface area (Å²) in [6, 6.07) is 3.98. The highest BCUT2D eigenvalue weighted by molar-refractivity contribution is 5.79. The SMILES string of the molecule is CCNC(=NCc1ccc(OC2CCCC2)nc1)NCCCN1CCCCCC1=O. The van der Waals surface area contributed by atoms with E-state index in [1.54, 1.807) is 0 Å². The van der Waals surface area contributed by atoms with E-state index in [1.165, 1.54) is 19.3 Å². The molecule has 2 aliphatic rings. The number of hydrogen-bond donors (Lipinski definition) is 2. The number of hydrogen-bond acceptors (Lipinski definition) is 4. The molecular formula is C23H37N5O2. The predicted octanol–water partition coefficient (Wildman–Crippen LogP) is 3.25. The number of aliphatic imine (C=N–C) groups is 1. The standard InChI is InChI=1S/C23H37N5O2/c1-2-24-23(25-14-8-16-28-15-7-3-4-11-22(28)29)27-18-19-12-13-21(26-17-19)30-20-9-5-6-10-20/h12-13,17,20H,2-11,14-16,18H2,1H3,(H2,24,25,27). The van der Waals surface area contributed by atoms with Crippen LogP contribution in [0, 0.1) is 0 Å². The lowest BCUT2D eigenvalue weighted by Gasteiger charge is -2.20. The van der Waals surface area contributed by atoms with Gasteiger partial charge < -0.3 is 20.3 Å². The second kappa shape index (κ2) is 12.4. The molecule has 0 spiro atoms. The van der Waals surface area contributed by atoms with Gasteiger partial charge in [-0.2, -0.15) is 0 Å². The van der Waals surface area contributed by atoms with E-state index in [0.717, 1.165) is 69.8 Å². The van der Waals surface area contributed by atoms with E-state index in [9.17, 15) is 4.79 Å². The molecule has 1 amide bonds. The normalized spacial score (nSPS) is 18.4. The number of likely N-dealkylation sites (tertiary alicyclic amines) is 1. The van der Waals surface area contributed by atoms with Crippen molar-refractivity contribution in [3.8, 4) is 5.88 Å². The maximum atomic E-state index is 12.1. The Bertz CT molecular complexity index is 671. The Morgan fingerprint density at radius 1 is 1.20 bits per heavy atom. The number of amides is 1. The van der Waals surface area contributed by atoms with Crippen molar-refractivity contribution >= 4 is 11.9 Å². The fourth-order valence-corrected chi connectivity index (χ4v) is 4.01. The molecule has 2 N–H and O–H groups in total. The van der Waals surface area contributed by atoms with Crippen LogP contribution in [0.3, 0.4) is 0 Å². The van der Waals surface area contributed by atoms with E-state index >= 15 is 0 Å². The Morgan fingerprint density at radius 3 is 2.83 bits per heavy atom. The minimum Gasteiger partial charge on any atom is -0.474 e. The summed E-state index contributed by atoms with van der Waals surface area (Å²) in [5.41, 5.74) is 1.06. The molecule has 0 radical (unpaired) electrons. The molecule has 1 aromatic heterocycles. The highest BCUT2D eigenvalue weighted by atomic mass is 16.5. The van der Waals surface area contributed by atoms with Crippen molar-refractivity contribution in [1.29, 1.82) is 0 Å². The smallest absolute Gasteiger partial charge is 0.222 e. The van der Waals surface area contributed by atoms with Gasteiger partial charge in [-0.3, -0.25) is 4.79 Å². The number of carbonyl (C=O) groups is 1. The number of carbonyl (C=O) groups excluding carboxylic acids is 1. The Kier molecular flexibility index (Phi) is 9.25. The van der Waals surface area contributed by atoms with Crippen LogP contribution < -0.4 is 15.4 Å². The maximum absolute atomic E-state index is 12.1. The van der Waals surface area contributed by atoms with Crippen molar-refractivity contribution < 1.29 is 9.53 Å². The van der Waals surface area contributed by atoms with Crippen LogP contribution in [0.4, 0.5) is 0 Å². The molecule has 0 atom stereocenters. The first-order chi connectivity index (χ1) is 14.7. The van der Waals surface area contributed by atoms with Crippen molar-refractivity contribution in [1.82, 2.24) is 20.5 Å². The van der Waals surface area contributed by atoms with Crippen LogP contribution in [0.15, 0.2) is 23.3 Å². The van der Waals surface area contributed by atoms with Gasteiger partial charge in [-0.25, -0.2) is 9.98 Å². The average Bonchev–Trinajstić information content (AvgIpc) is 3.18. The van der Waals surface area contributed by atoms with Gasteiger partial charge in [-0.05, 0) is 57.4 Å². The minimum absolute atomic E-state index is 0.306. The number of nitrogens with one attached hydrogen (secondary N) is 2. The summed E-state index contributed by atoms with van der Waals surface area (Å²) in [5, 5.41) is 6.66. The molecule has 0 bridgehead atoms. The first-order valence-electron chi connectivity index (χ1n) is 11.7. The van der Waals surface area contributed by atoms with Gasteiger partial charge in [-0.1, -0.05) is 12.5 Å². The highest BCUT2D eigenvalue weighted by Gasteiger charge is 2.17. The summed E-state index contributed by atoms with van der Waals surface area (Å²) in [4.78, 5) is 23.2. The third-order valence-corrected chi connectivity index (χ3v) is 5.72. The largest absolute Gasteiger partial charge is 0.474 e. The lowest BCUT2D eigenvalue weighted by Crippen LogP contribution is -2.39. The number of nitrogens with zero attached hydrogens (tertiary/aromatic N) is 3. The monoisotopic (exact) mass is 415 g/mol. The van der Waals surface area contributed by atoms with Crippen LogP contribution in [0.5, 0.6) is 5.88 Å². The van der Waals surface area contributed by atoms with Crippen molar-refractivity contribution in [3.63, 3.8) is 0 Å². The van der Waals surface area contributed by atoms with Crippen molar-refractivity contribution in [2.24, 2.45) is 4.99 Å². The Labute approximate surface area is 180 Å². The minimum atomic E-state index is 0.306. The van der Waals surface area contributed by atoms with Crippen LogP contribution >= 0.6 is 0 Å². The van der Waals surface area contributed by atoms with Gasteiger partial charge in [0.15, 0.2) is 5.96 Å². The summed E-state index contributed by atoms with van der Waals surface area (Å²) in [6.07, 6.45) is 11.9. The first-order valence-corrected chi connectivity index (χ1v) is 11.7. The van der Waals surface area contributed by atoms with Gasteiger partial charge in [0, 0.05) is 44.9 Å². The predicted molar refractivity (Wildman–Crippen MR) is 120 cm³/mol. The lowest BCUT2D eigenvalue weighted by molar-refractivity contribution is -0.130. The molecule has 7 nitrogen and oxygen atoms in total. The van der Waals surface area contributed by atoms with Gasteiger partial charge >= 0.3 is 0 Å². The zero-order valence-electron chi connectivity index (χ0n) is 18.4. The van der Waals surface area contributed by atoms with Crippen LogP contribution in [0.2, 0.25) is 0 Å². The molecule has 7 heteroatoms. The van der Waals surface area contributed by atoms with Crippen molar-refractivity contribution in [2.45, 2.75) is 77.4 Å². The third kappa shape index (κ3) is 7.50. The van der Waals surface area contributed by atoms with Crippen molar-refractivity contribution in [2.75, 3.05) is 26.2 Å². The fraction of sp³-hybridized carbons (Fsp3) is 0.696. The molecule has 1 aliphatic heterocycles. The zero-order chi connectivity index (χ0) is 21.0. The molecule has 1 saturated carbocycles. The van der Waals surface area contributed by atoms with Crippen molar-refractivity contribution in [3.05, 3.63) is 23.9 Å². The van der Waals surface area contributed by atoms with Gasteiger partial charge in [-0.15, -0.1) is 0 Å². The quantitative estimate of drug-likeness (QED) is 0.368. The molecule has 2 fully saturated rings. The molecule has 3 rings (SSSR count). The van der Waals surface area contributed by atoms with Gasteiger partial charge in [0.05, 0.1) is 6.54 Å². The average molecular weight is 416 g/mol. The number of guanidine groups is 1. The Balaban J connectivity index is 1.41. The van der Waals surface area contributed by atoms with E-state index in [-0.39, 0.29) is 0 Å². The maximum Gasteiger partial charge on any atom is 0.222 e. The fourth-order valence-electron chi connectivity index (χ4n) is 4.01. The van der Waals surface area contributed by atoms with Gasteiger partial charge in [0.2, 0.25) is 11.8 Å². The molecule has 2 heterocycles. The molecular weight excluding hydrogens is 378 g/mol. The summed E-state index contributed by atoms with van der Waals surface area (Å²) in [7, 11) is 0. The van der Waals surface area contributed by atoms with E-state index in [4.69, 9.17) is 4.74 Å². The van der Waals surface area contributed by atoms with Gasteiger partial charge in [0.25, 0.3) is 0 Å². The Hall–Kier alpha value is -2.31. The number of aromatic nitrogens is 1. The zero-order valence-corrected chi connectivity index (χ0v) is 18.4. The molecule has 166 valence electrons. The highest BCUT2D eigenvalue weighted by Crippen LogP contribution is 2.22. The third-order valence-electron chi connectivity index (χ3n) is 5.72. The molecule has 0 aromatic carbocycles. The summed E-state index contributed by atoms with van der Waals surface area (Å²) >= 11 is 0. The molecule has 1 aliphatic carbocycles. The topological polar surface area (TPSA) is 78.9 Å².